The highest BCUT2D eigenvalue weighted by atomic mass is 16.3. The number of hydrogen-bond donors (Lipinski definition) is 0. The SMILES string of the molecule is CCc1cccc2c(C)coc12. The second-order valence-corrected chi connectivity index (χ2v) is 3.07. The van der Waals surface area contributed by atoms with E-state index in [9.17, 15) is 0 Å². The van der Waals surface area contributed by atoms with Crippen molar-refractivity contribution in [1.29, 1.82) is 0 Å². The van der Waals surface area contributed by atoms with E-state index in [0.717, 1.165) is 12.0 Å². The van der Waals surface area contributed by atoms with Crippen LogP contribution in [0.25, 0.3) is 11.0 Å². The molecule has 1 aromatic heterocycles. The highest BCUT2D eigenvalue weighted by Crippen LogP contribution is 2.23. The predicted octanol–water partition coefficient (Wildman–Crippen LogP) is 3.30. The van der Waals surface area contributed by atoms with Crippen molar-refractivity contribution in [2.24, 2.45) is 0 Å². The van der Waals surface area contributed by atoms with E-state index in [4.69, 9.17) is 4.42 Å². The van der Waals surface area contributed by atoms with Crippen LogP contribution in [0.5, 0.6) is 0 Å². The molecule has 0 N–H and O–H groups in total. The average Bonchev–Trinajstić information content (AvgIpc) is 2.48. The monoisotopic (exact) mass is 160 g/mol. The molecule has 2 rings (SSSR count). The largest absolute Gasteiger partial charge is 0.464 e. The summed E-state index contributed by atoms with van der Waals surface area (Å²) in [5, 5.41) is 1.24. The lowest BCUT2D eigenvalue weighted by atomic mass is 10.1. The molecule has 0 aliphatic rings. The molecule has 0 radical (unpaired) electrons. The average molecular weight is 160 g/mol. The van der Waals surface area contributed by atoms with Crippen molar-refractivity contribution in [3.05, 3.63) is 35.6 Å². The minimum absolute atomic E-state index is 1.03. The summed E-state index contributed by atoms with van der Waals surface area (Å²) >= 11 is 0. The number of furan rings is 1. The first kappa shape index (κ1) is 7.41. The zero-order chi connectivity index (χ0) is 8.55. The van der Waals surface area contributed by atoms with Gasteiger partial charge in [-0.15, -0.1) is 0 Å². The number of aryl methyl sites for hydroxylation is 2. The minimum atomic E-state index is 1.03. The summed E-state index contributed by atoms with van der Waals surface area (Å²) in [5.74, 6) is 0. The lowest BCUT2D eigenvalue weighted by Gasteiger charge is -1.96. The molecule has 62 valence electrons. The van der Waals surface area contributed by atoms with E-state index in [0.29, 0.717) is 0 Å². The van der Waals surface area contributed by atoms with Crippen molar-refractivity contribution in [3.8, 4) is 0 Å². The standard InChI is InChI=1S/C11H12O/c1-3-9-5-4-6-10-8(2)7-12-11(9)10/h4-7H,3H2,1-2H3. The van der Waals surface area contributed by atoms with Crippen molar-refractivity contribution in [2.45, 2.75) is 20.3 Å². The number of fused-ring (bicyclic) bond motifs is 1. The van der Waals surface area contributed by atoms with E-state index in [1.807, 2.05) is 6.26 Å². The molecule has 0 aliphatic carbocycles. The Morgan fingerprint density at radius 1 is 1.33 bits per heavy atom. The fourth-order valence-corrected chi connectivity index (χ4v) is 1.52. The summed E-state index contributed by atoms with van der Waals surface area (Å²) in [6.45, 7) is 4.22. The Hall–Kier alpha value is -1.24. The molecule has 0 saturated heterocycles. The zero-order valence-electron chi connectivity index (χ0n) is 7.42. The third-order valence-electron chi connectivity index (χ3n) is 2.26. The van der Waals surface area contributed by atoms with Gasteiger partial charge in [-0.1, -0.05) is 25.1 Å². The Morgan fingerprint density at radius 3 is 2.92 bits per heavy atom. The lowest BCUT2D eigenvalue weighted by molar-refractivity contribution is 0.609. The predicted molar refractivity (Wildman–Crippen MR) is 50.3 cm³/mol. The van der Waals surface area contributed by atoms with Crippen LogP contribution in [0.4, 0.5) is 0 Å². The van der Waals surface area contributed by atoms with Crippen LogP contribution in [-0.4, -0.2) is 0 Å². The van der Waals surface area contributed by atoms with Gasteiger partial charge in [-0.25, -0.2) is 0 Å². The molecule has 1 nitrogen and oxygen atoms in total. The first-order chi connectivity index (χ1) is 5.83. The number of rotatable bonds is 1. The maximum atomic E-state index is 5.47. The van der Waals surface area contributed by atoms with E-state index >= 15 is 0 Å². The zero-order valence-corrected chi connectivity index (χ0v) is 7.42. The Morgan fingerprint density at radius 2 is 2.17 bits per heavy atom. The van der Waals surface area contributed by atoms with Gasteiger partial charge in [0.15, 0.2) is 0 Å². The van der Waals surface area contributed by atoms with Gasteiger partial charge in [0.2, 0.25) is 0 Å². The molecular weight excluding hydrogens is 148 g/mol. The van der Waals surface area contributed by atoms with Crippen LogP contribution in [0.2, 0.25) is 0 Å². The molecular formula is C11H12O. The third kappa shape index (κ3) is 0.934. The first-order valence-electron chi connectivity index (χ1n) is 4.28. The van der Waals surface area contributed by atoms with Crippen LogP contribution in [-0.2, 0) is 6.42 Å². The molecule has 2 aromatic rings. The summed E-state index contributed by atoms with van der Waals surface area (Å²) < 4.78 is 5.47. The highest BCUT2D eigenvalue weighted by molar-refractivity contribution is 5.83. The summed E-state index contributed by atoms with van der Waals surface area (Å²) in [6.07, 6.45) is 2.86. The van der Waals surface area contributed by atoms with Crippen molar-refractivity contribution >= 4 is 11.0 Å². The summed E-state index contributed by atoms with van der Waals surface area (Å²) in [6, 6.07) is 6.31. The van der Waals surface area contributed by atoms with E-state index in [2.05, 4.69) is 32.0 Å². The quantitative estimate of drug-likeness (QED) is 0.623. The highest BCUT2D eigenvalue weighted by Gasteiger charge is 2.04. The maximum absolute atomic E-state index is 5.47. The van der Waals surface area contributed by atoms with Crippen LogP contribution in [0, 0.1) is 6.92 Å². The minimum Gasteiger partial charge on any atom is -0.464 e. The van der Waals surface area contributed by atoms with E-state index < -0.39 is 0 Å². The molecule has 12 heavy (non-hydrogen) atoms. The molecule has 0 amide bonds. The van der Waals surface area contributed by atoms with E-state index in [-0.39, 0.29) is 0 Å². The molecule has 0 saturated carbocycles. The second kappa shape index (κ2) is 2.67. The van der Waals surface area contributed by atoms with E-state index in [1.54, 1.807) is 0 Å². The fraction of sp³-hybridized carbons (Fsp3) is 0.273. The summed E-state index contributed by atoms with van der Waals surface area (Å²) in [4.78, 5) is 0. The van der Waals surface area contributed by atoms with Crippen LogP contribution >= 0.6 is 0 Å². The Bertz CT molecular complexity index is 398. The molecule has 0 unspecified atom stereocenters. The molecule has 0 aliphatic heterocycles. The fourth-order valence-electron chi connectivity index (χ4n) is 1.52. The van der Waals surface area contributed by atoms with Gasteiger partial charge in [-0.3, -0.25) is 0 Å². The molecule has 0 fully saturated rings. The van der Waals surface area contributed by atoms with Gasteiger partial charge in [0.1, 0.15) is 5.58 Å². The lowest BCUT2D eigenvalue weighted by Crippen LogP contribution is -1.79. The molecule has 1 heteroatoms. The number of benzene rings is 1. The molecule has 0 atom stereocenters. The van der Waals surface area contributed by atoms with Crippen molar-refractivity contribution in [1.82, 2.24) is 0 Å². The smallest absolute Gasteiger partial charge is 0.137 e. The summed E-state index contributed by atoms with van der Waals surface area (Å²) in [5.41, 5.74) is 3.57. The van der Waals surface area contributed by atoms with Gasteiger partial charge >= 0.3 is 0 Å². The Balaban J connectivity index is 2.81. The van der Waals surface area contributed by atoms with Gasteiger partial charge in [0.05, 0.1) is 6.26 Å². The van der Waals surface area contributed by atoms with Crippen LogP contribution < -0.4 is 0 Å². The first-order valence-corrected chi connectivity index (χ1v) is 4.28. The topological polar surface area (TPSA) is 13.1 Å². The van der Waals surface area contributed by atoms with Gasteiger partial charge in [-0.2, -0.15) is 0 Å². The number of hydrogen-bond acceptors (Lipinski definition) is 1. The van der Waals surface area contributed by atoms with Crippen LogP contribution in [0.3, 0.4) is 0 Å². The Labute approximate surface area is 72.0 Å². The van der Waals surface area contributed by atoms with Gasteiger partial charge in [-0.05, 0) is 24.5 Å². The third-order valence-corrected chi connectivity index (χ3v) is 2.26. The van der Waals surface area contributed by atoms with Crippen molar-refractivity contribution in [3.63, 3.8) is 0 Å². The molecule has 1 aromatic carbocycles. The van der Waals surface area contributed by atoms with Gasteiger partial charge < -0.3 is 4.42 Å². The van der Waals surface area contributed by atoms with E-state index in [1.165, 1.54) is 16.5 Å². The number of para-hydroxylation sites is 1. The molecule has 1 heterocycles. The Kier molecular flexibility index (Phi) is 1.65. The van der Waals surface area contributed by atoms with Crippen molar-refractivity contribution < 1.29 is 4.42 Å². The second-order valence-electron chi connectivity index (χ2n) is 3.07. The van der Waals surface area contributed by atoms with Crippen LogP contribution in [0.1, 0.15) is 18.1 Å². The summed E-state index contributed by atoms with van der Waals surface area (Å²) in [7, 11) is 0. The maximum Gasteiger partial charge on any atom is 0.137 e. The molecule has 0 spiro atoms. The molecule has 0 bridgehead atoms. The van der Waals surface area contributed by atoms with Gasteiger partial charge in [0, 0.05) is 5.39 Å². The van der Waals surface area contributed by atoms with Gasteiger partial charge in [0.25, 0.3) is 0 Å². The van der Waals surface area contributed by atoms with Crippen LogP contribution in [0.15, 0.2) is 28.9 Å². The van der Waals surface area contributed by atoms with Crippen molar-refractivity contribution in [2.75, 3.05) is 0 Å². The normalized spacial score (nSPS) is 10.8.